The van der Waals surface area contributed by atoms with Crippen LogP contribution in [0.1, 0.15) is 19.3 Å². The lowest BCUT2D eigenvalue weighted by Crippen LogP contribution is -2.53. The summed E-state index contributed by atoms with van der Waals surface area (Å²) in [5, 5.41) is 5.89. The van der Waals surface area contributed by atoms with Gasteiger partial charge < -0.3 is 14.5 Å². The first-order valence-corrected chi connectivity index (χ1v) is 12.1. The largest absolute Gasteiger partial charge is 0.496 e. The maximum absolute atomic E-state index is 13.0. The van der Waals surface area contributed by atoms with Crippen molar-refractivity contribution in [2.24, 2.45) is 5.92 Å². The van der Waals surface area contributed by atoms with E-state index in [1.54, 1.807) is 6.07 Å². The number of carbonyl (C=O) groups excluding carboxylic acids is 2. The first-order chi connectivity index (χ1) is 15.8. The summed E-state index contributed by atoms with van der Waals surface area (Å²) in [4.78, 5) is 24.0. The van der Waals surface area contributed by atoms with Crippen LogP contribution in [0.4, 0.5) is 4.79 Å². The molecule has 2 heterocycles. The number of rotatable bonds is 6. The Kier molecular flexibility index (Phi) is 5.13. The lowest BCUT2D eigenvalue weighted by molar-refractivity contribution is -0.125. The van der Waals surface area contributed by atoms with Gasteiger partial charge in [-0.1, -0.05) is 24.6 Å². The molecule has 1 spiro atoms. The molecule has 3 amide bonds. The van der Waals surface area contributed by atoms with E-state index in [4.69, 9.17) is 9.15 Å². The van der Waals surface area contributed by atoms with Gasteiger partial charge in [0.15, 0.2) is 0 Å². The van der Waals surface area contributed by atoms with Crippen LogP contribution in [0, 0.1) is 5.92 Å². The van der Waals surface area contributed by atoms with Gasteiger partial charge in [-0.2, -0.15) is 0 Å². The Bertz CT molecular complexity index is 1330. The number of hydrogen-bond acceptors (Lipinski definition) is 6. The highest BCUT2D eigenvalue weighted by Crippen LogP contribution is 2.38. The van der Waals surface area contributed by atoms with E-state index in [2.05, 4.69) is 15.4 Å². The fourth-order valence-corrected chi connectivity index (χ4v) is 5.87. The molecule has 1 saturated heterocycles. The number of para-hydroxylation sites is 1. The third-order valence-electron chi connectivity index (χ3n) is 6.48. The molecule has 2 aromatic carbocycles. The number of imide groups is 1. The van der Waals surface area contributed by atoms with Crippen molar-refractivity contribution < 1.29 is 27.2 Å². The highest BCUT2D eigenvalue weighted by molar-refractivity contribution is 7.89. The second kappa shape index (κ2) is 7.89. The van der Waals surface area contributed by atoms with Gasteiger partial charge in [-0.25, -0.2) is 17.9 Å². The van der Waals surface area contributed by atoms with Crippen LogP contribution in [-0.4, -0.2) is 39.5 Å². The zero-order valence-corrected chi connectivity index (χ0v) is 18.7. The zero-order chi connectivity index (χ0) is 23.2. The van der Waals surface area contributed by atoms with Crippen molar-refractivity contribution in [2.75, 3.05) is 13.7 Å². The molecule has 2 fully saturated rings. The standard InChI is InChI=1S/C23H23N3O6S/c1-31-19-12-16(8-9-17(19)20-11-14-5-2-3-7-18(14)32-20)33(29,30)24-13-15-6-4-10-23(15)21(27)25-22(28)26-23/h2-3,5,7-9,11-12,15,24H,4,6,10,13H2,1H3,(H2,25,26,27,28). The summed E-state index contributed by atoms with van der Waals surface area (Å²) in [5.41, 5.74) is 0.303. The maximum Gasteiger partial charge on any atom is 0.322 e. The number of urea groups is 1. The van der Waals surface area contributed by atoms with Crippen LogP contribution in [0.2, 0.25) is 0 Å². The lowest BCUT2D eigenvalue weighted by Gasteiger charge is -2.28. The lowest BCUT2D eigenvalue weighted by atomic mass is 9.87. The number of furan rings is 1. The van der Waals surface area contributed by atoms with Crippen LogP contribution in [0.3, 0.4) is 0 Å². The predicted octanol–water partition coefficient (Wildman–Crippen LogP) is 2.77. The normalized spacial score (nSPS) is 22.6. The number of nitrogens with one attached hydrogen (secondary N) is 3. The van der Waals surface area contributed by atoms with Crippen LogP contribution >= 0.6 is 0 Å². The minimum absolute atomic E-state index is 0.0314. The smallest absolute Gasteiger partial charge is 0.322 e. The zero-order valence-electron chi connectivity index (χ0n) is 17.9. The predicted molar refractivity (Wildman–Crippen MR) is 120 cm³/mol. The van der Waals surface area contributed by atoms with E-state index in [1.807, 2.05) is 30.3 Å². The molecule has 9 nitrogen and oxygen atoms in total. The summed E-state index contributed by atoms with van der Waals surface area (Å²) in [6.07, 6.45) is 1.83. The molecule has 5 rings (SSSR count). The van der Waals surface area contributed by atoms with Crippen molar-refractivity contribution in [1.82, 2.24) is 15.4 Å². The van der Waals surface area contributed by atoms with Gasteiger partial charge in [-0.15, -0.1) is 0 Å². The molecule has 33 heavy (non-hydrogen) atoms. The molecule has 3 aromatic rings. The van der Waals surface area contributed by atoms with Gasteiger partial charge in [0.1, 0.15) is 22.6 Å². The van der Waals surface area contributed by atoms with Crippen molar-refractivity contribution in [3.63, 3.8) is 0 Å². The number of amides is 3. The van der Waals surface area contributed by atoms with Crippen LogP contribution in [0.25, 0.3) is 22.3 Å². The summed E-state index contributed by atoms with van der Waals surface area (Å²) in [5.74, 6) is 0.194. The number of ether oxygens (including phenoxy) is 1. The van der Waals surface area contributed by atoms with E-state index in [9.17, 15) is 18.0 Å². The molecule has 1 aromatic heterocycles. The molecule has 1 saturated carbocycles. The summed E-state index contributed by atoms with van der Waals surface area (Å²) < 4.78 is 40.0. The Morgan fingerprint density at radius 1 is 1.18 bits per heavy atom. The highest BCUT2D eigenvalue weighted by Gasteiger charge is 2.54. The SMILES string of the molecule is COc1cc(S(=O)(=O)NCC2CCCC23NC(=O)NC3=O)ccc1-c1cc2ccccc2o1. The van der Waals surface area contributed by atoms with Crippen molar-refractivity contribution in [2.45, 2.75) is 29.7 Å². The average Bonchev–Trinajstić information content (AvgIpc) is 3.49. The Labute approximate surface area is 190 Å². The molecular formula is C23H23N3O6S. The van der Waals surface area contributed by atoms with Crippen molar-refractivity contribution in [3.8, 4) is 17.1 Å². The van der Waals surface area contributed by atoms with E-state index in [-0.39, 0.29) is 17.4 Å². The van der Waals surface area contributed by atoms with E-state index in [0.29, 0.717) is 29.9 Å². The molecule has 10 heteroatoms. The third kappa shape index (κ3) is 3.65. The van der Waals surface area contributed by atoms with Gasteiger partial charge in [0.25, 0.3) is 5.91 Å². The second-order valence-corrected chi connectivity index (χ2v) is 10.1. The third-order valence-corrected chi connectivity index (χ3v) is 7.90. The first kappa shape index (κ1) is 21.5. The second-order valence-electron chi connectivity index (χ2n) is 8.33. The Balaban J connectivity index is 1.38. The molecule has 0 bridgehead atoms. The molecule has 3 N–H and O–H groups in total. The van der Waals surface area contributed by atoms with Crippen LogP contribution < -0.4 is 20.1 Å². The number of carbonyl (C=O) groups is 2. The molecule has 0 radical (unpaired) electrons. The summed E-state index contributed by atoms with van der Waals surface area (Å²) in [6, 6.07) is 13.5. The van der Waals surface area contributed by atoms with Crippen LogP contribution in [0.5, 0.6) is 5.75 Å². The molecule has 1 aliphatic heterocycles. The summed E-state index contributed by atoms with van der Waals surface area (Å²) in [7, 11) is -2.42. The maximum atomic E-state index is 13.0. The highest BCUT2D eigenvalue weighted by atomic mass is 32.2. The Morgan fingerprint density at radius 2 is 2.00 bits per heavy atom. The van der Waals surface area contributed by atoms with Gasteiger partial charge in [0.2, 0.25) is 10.0 Å². The monoisotopic (exact) mass is 469 g/mol. The Hall–Kier alpha value is -3.37. The van der Waals surface area contributed by atoms with Gasteiger partial charge >= 0.3 is 6.03 Å². The van der Waals surface area contributed by atoms with E-state index >= 15 is 0 Å². The molecule has 2 atom stereocenters. The fourth-order valence-electron chi connectivity index (χ4n) is 4.77. The topological polar surface area (TPSA) is 127 Å². The number of methoxy groups -OCH3 is 1. The van der Waals surface area contributed by atoms with E-state index < -0.39 is 27.5 Å². The summed E-state index contributed by atoms with van der Waals surface area (Å²) in [6.45, 7) is 0.0314. The minimum Gasteiger partial charge on any atom is -0.496 e. The van der Waals surface area contributed by atoms with E-state index in [0.717, 1.165) is 17.4 Å². The molecule has 2 aliphatic rings. The van der Waals surface area contributed by atoms with Crippen molar-refractivity contribution >= 4 is 32.9 Å². The van der Waals surface area contributed by atoms with E-state index in [1.165, 1.54) is 19.2 Å². The fraction of sp³-hybridized carbons (Fsp3) is 0.304. The van der Waals surface area contributed by atoms with Gasteiger partial charge in [-0.3, -0.25) is 10.1 Å². The van der Waals surface area contributed by atoms with Gasteiger partial charge in [0, 0.05) is 23.9 Å². The average molecular weight is 470 g/mol. The Morgan fingerprint density at radius 3 is 2.73 bits per heavy atom. The van der Waals surface area contributed by atoms with Crippen molar-refractivity contribution in [3.05, 3.63) is 48.5 Å². The number of hydrogen-bond donors (Lipinski definition) is 3. The quantitative estimate of drug-likeness (QED) is 0.477. The first-order valence-electron chi connectivity index (χ1n) is 10.6. The van der Waals surface area contributed by atoms with Crippen LogP contribution in [0.15, 0.2) is 57.8 Å². The van der Waals surface area contributed by atoms with Gasteiger partial charge in [0.05, 0.1) is 17.6 Å². The molecule has 1 aliphatic carbocycles. The summed E-state index contributed by atoms with van der Waals surface area (Å²) >= 11 is 0. The van der Waals surface area contributed by atoms with Crippen molar-refractivity contribution in [1.29, 1.82) is 0 Å². The van der Waals surface area contributed by atoms with Crippen LogP contribution in [-0.2, 0) is 14.8 Å². The number of sulfonamides is 1. The minimum atomic E-state index is -3.89. The molecule has 2 unspecified atom stereocenters. The van der Waals surface area contributed by atoms with Gasteiger partial charge in [-0.05, 0) is 37.1 Å². The molecular weight excluding hydrogens is 446 g/mol. The number of benzene rings is 2. The molecule has 172 valence electrons. The number of fused-ring (bicyclic) bond motifs is 1.